The van der Waals surface area contributed by atoms with Gasteiger partial charge in [0.25, 0.3) is 0 Å². The van der Waals surface area contributed by atoms with E-state index in [0.29, 0.717) is 35.3 Å². The molecule has 0 saturated heterocycles. The molecule has 0 bridgehead atoms. The molecule has 0 saturated carbocycles. The molecule has 0 fully saturated rings. The van der Waals surface area contributed by atoms with Crippen LogP contribution in [0.2, 0.25) is 5.02 Å². The first kappa shape index (κ1) is 14.7. The summed E-state index contributed by atoms with van der Waals surface area (Å²) in [6.07, 6.45) is 3.25. The highest BCUT2D eigenvalue weighted by Crippen LogP contribution is 2.36. The number of hydrogen-bond acceptors (Lipinski definition) is 3. The van der Waals surface area contributed by atoms with Crippen molar-refractivity contribution in [3.05, 3.63) is 22.7 Å². The Morgan fingerprint density at radius 1 is 1.22 bits per heavy atom. The zero-order valence-electron chi connectivity index (χ0n) is 10.8. The number of nitriles is 1. The maximum atomic E-state index is 8.89. The zero-order valence-corrected chi connectivity index (χ0v) is 11.6. The number of ether oxygens (including phenoxy) is 2. The Balaban J connectivity index is 2.84. The molecule has 1 aromatic rings. The van der Waals surface area contributed by atoms with Crippen molar-refractivity contribution < 1.29 is 9.47 Å². The molecule has 0 atom stereocenters. The molecule has 98 valence electrons. The molecule has 0 aliphatic carbocycles. The van der Waals surface area contributed by atoms with Crippen LogP contribution in [0.5, 0.6) is 11.5 Å². The van der Waals surface area contributed by atoms with Crippen molar-refractivity contribution in [2.24, 2.45) is 0 Å². The second kappa shape index (κ2) is 7.84. The maximum Gasteiger partial charge on any atom is 0.179 e. The molecule has 1 aromatic carbocycles. The van der Waals surface area contributed by atoms with Gasteiger partial charge in [-0.1, -0.05) is 31.4 Å². The lowest BCUT2D eigenvalue weighted by molar-refractivity contribution is 0.271. The Labute approximate surface area is 113 Å². The summed E-state index contributed by atoms with van der Waals surface area (Å²) in [4.78, 5) is 0. The van der Waals surface area contributed by atoms with Crippen LogP contribution in [0, 0.1) is 11.3 Å². The minimum Gasteiger partial charge on any atom is -0.490 e. The average molecular weight is 268 g/mol. The van der Waals surface area contributed by atoms with Crippen LogP contribution in [-0.2, 0) is 0 Å². The lowest BCUT2D eigenvalue weighted by Gasteiger charge is -2.13. The minimum absolute atomic E-state index is 0.425. The Morgan fingerprint density at radius 2 is 2.00 bits per heavy atom. The summed E-state index contributed by atoms with van der Waals surface area (Å²) in [5.74, 6) is 1.08. The van der Waals surface area contributed by atoms with Crippen LogP contribution in [-0.4, -0.2) is 13.2 Å². The molecule has 0 aliphatic heterocycles. The molecular formula is C14H18ClNO2. The molecule has 0 N–H and O–H groups in total. The van der Waals surface area contributed by atoms with E-state index in [0.717, 1.165) is 19.3 Å². The van der Waals surface area contributed by atoms with Crippen molar-refractivity contribution in [3.63, 3.8) is 0 Å². The molecule has 4 heteroatoms. The number of rotatable bonds is 7. The van der Waals surface area contributed by atoms with E-state index in [-0.39, 0.29) is 0 Å². The number of nitrogens with zero attached hydrogens (tertiary/aromatic N) is 1. The van der Waals surface area contributed by atoms with Crippen molar-refractivity contribution >= 4 is 11.6 Å². The summed E-state index contributed by atoms with van der Waals surface area (Å²) in [6, 6.07) is 5.30. The summed E-state index contributed by atoms with van der Waals surface area (Å²) in [6.45, 7) is 5.14. The Morgan fingerprint density at radius 3 is 2.61 bits per heavy atom. The van der Waals surface area contributed by atoms with Gasteiger partial charge in [-0.15, -0.1) is 0 Å². The molecule has 0 spiro atoms. The van der Waals surface area contributed by atoms with Crippen molar-refractivity contribution in [3.8, 4) is 17.6 Å². The first-order chi connectivity index (χ1) is 8.72. The smallest absolute Gasteiger partial charge is 0.179 e. The highest BCUT2D eigenvalue weighted by molar-refractivity contribution is 6.32. The molecular weight excluding hydrogens is 250 g/mol. The predicted molar refractivity (Wildman–Crippen MR) is 72.4 cm³/mol. The van der Waals surface area contributed by atoms with Crippen LogP contribution >= 0.6 is 11.6 Å². The molecule has 0 radical (unpaired) electrons. The van der Waals surface area contributed by atoms with E-state index in [1.165, 1.54) is 0 Å². The molecule has 0 aliphatic rings. The van der Waals surface area contributed by atoms with Gasteiger partial charge in [-0.2, -0.15) is 5.26 Å². The fourth-order valence-corrected chi connectivity index (χ4v) is 1.83. The Hall–Kier alpha value is -1.40. The highest BCUT2D eigenvalue weighted by atomic mass is 35.5. The van der Waals surface area contributed by atoms with E-state index in [4.69, 9.17) is 26.3 Å². The zero-order chi connectivity index (χ0) is 13.4. The third kappa shape index (κ3) is 4.12. The first-order valence-electron chi connectivity index (χ1n) is 6.22. The summed E-state index contributed by atoms with van der Waals surface area (Å²) in [5.41, 5.74) is 0.476. The molecule has 0 heterocycles. The van der Waals surface area contributed by atoms with Gasteiger partial charge in [0.05, 0.1) is 29.9 Å². The lowest BCUT2D eigenvalue weighted by atomic mass is 10.2. The normalized spacial score (nSPS) is 9.89. The van der Waals surface area contributed by atoms with Gasteiger partial charge >= 0.3 is 0 Å². The standard InChI is InChI=1S/C14H18ClNO2/c1-3-5-6-7-18-14-12(15)8-11(10-16)9-13(14)17-4-2/h8-9H,3-7H2,1-2H3. The predicted octanol–water partition coefficient (Wildman–Crippen LogP) is 4.18. The van der Waals surface area contributed by atoms with Gasteiger partial charge in [0.1, 0.15) is 0 Å². The summed E-state index contributed by atoms with van der Waals surface area (Å²) in [7, 11) is 0. The van der Waals surface area contributed by atoms with Crippen LogP contribution < -0.4 is 9.47 Å². The van der Waals surface area contributed by atoms with Crippen molar-refractivity contribution in [1.82, 2.24) is 0 Å². The van der Waals surface area contributed by atoms with E-state index in [1.54, 1.807) is 12.1 Å². The third-order valence-corrected chi connectivity index (χ3v) is 2.71. The minimum atomic E-state index is 0.425. The van der Waals surface area contributed by atoms with E-state index >= 15 is 0 Å². The van der Waals surface area contributed by atoms with Crippen LogP contribution in [0.4, 0.5) is 0 Å². The van der Waals surface area contributed by atoms with E-state index < -0.39 is 0 Å². The van der Waals surface area contributed by atoms with E-state index in [9.17, 15) is 0 Å². The average Bonchev–Trinajstić information content (AvgIpc) is 2.37. The number of hydrogen-bond donors (Lipinski definition) is 0. The Bertz CT molecular complexity index is 427. The summed E-state index contributed by atoms with van der Waals surface area (Å²) in [5, 5.41) is 9.31. The third-order valence-electron chi connectivity index (χ3n) is 2.43. The van der Waals surface area contributed by atoms with Gasteiger partial charge in [-0.3, -0.25) is 0 Å². The SMILES string of the molecule is CCCCCOc1c(Cl)cc(C#N)cc1OCC. The summed E-state index contributed by atoms with van der Waals surface area (Å²) < 4.78 is 11.1. The molecule has 1 rings (SSSR count). The van der Waals surface area contributed by atoms with E-state index in [1.807, 2.05) is 6.92 Å². The Kier molecular flexibility index (Phi) is 6.38. The van der Waals surface area contributed by atoms with Gasteiger partial charge < -0.3 is 9.47 Å². The molecule has 18 heavy (non-hydrogen) atoms. The van der Waals surface area contributed by atoms with Gasteiger partial charge in [0.15, 0.2) is 11.5 Å². The van der Waals surface area contributed by atoms with Crippen molar-refractivity contribution in [2.45, 2.75) is 33.1 Å². The van der Waals surface area contributed by atoms with Crippen molar-refractivity contribution in [1.29, 1.82) is 5.26 Å². The second-order valence-corrected chi connectivity index (χ2v) is 4.29. The van der Waals surface area contributed by atoms with Crippen LogP contribution in [0.25, 0.3) is 0 Å². The molecule has 3 nitrogen and oxygen atoms in total. The van der Waals surface area contributed by atoms with Gasteiger partial charge in [0.2, 0.25) is 0 Å². The summed E-state index contributed by atoms with van der Waals surface area (Å²) >= 11 is 6.11. The fraction of sp³-hybridized carbons (Fsp3) is 0.500. The second-order valence-electron chi connectivity index (χ2n) is 3.89. The molecule has 0 amide bonds. The van der Waals surface area contributed by atoms with Crippen LogP contribution in [0.15, 0.2) is 12.1 Å². The highest BCUT2D eigenvalue weighted by Gasteiger charge is 2.12. The molecule has 0 aromatic heterocycles. The number of halogens is 1. The van der Waals surface area contributed by atoms with Gasteiger partial charge in [-0.05, 0) is 19.4 Å². The largest absolute Gasteiger partial charge is 0.490 e. The first-order valence-corrected chi connectivity index (χ1v) is 6.60. The topological polar surface area (TPSA) is 42.2 Å². The monoisotopic (exact) mass is 267 g/mol. The molecule has 0 unspecified atom stereocenters. The number of unbranched alkanes of at least 4 members (excludes halogenated alkanes) is 2. The lowest BCUT2D eigenvalue weighted by Crippen LogP contribution is -2.02. The van der Waals surface area contributed by atoms with Gasteiger partial charge in [0, 0.05) is 6.07 Å². The van der Waals surface area contributed by atoms with Crippen LogP contribution in [0.1, 0.15) is 38.7 Å². The number of benzene rings is 1. The fourth-order valence-electron chi connectivity index (χ4n) is 1.56. The van der Waals surface area contributed by atoms with Crippen LogP contribution in [0.3, 0.4) is 0 Å². The van der Waals surface area contributed by atoms with Crippen molar-refractivity contribution in [2.75, 3.05) is 13.2 Å². The van der Waals surface area contributed by atoms with E-state index in [2.05, 4.69) is 13.0 Å². The quantitative estimate of drug-likeness (QED) is 0.696. The maximum absolute atomic E-state index is 8.89. The van der Waals surface area contributed by atoms with Gasteiger partial charge in [-0.25, -0.2) is 0 Å².